The molecule has 0 radical (unpaired) electrons. The summed E-state index contributed by atoms with van der Waals surface area (Å²) < 4.78 is 1.59. The van der Waals surface area contributed by atoms with Gasteiger partial charge in [0.25, 0.3) is 11.5 Å². The van der Waals surface area contributed by atoms with Crippen LogP contribution in [0.5, 0.6) is 0 Å². The molecule has 1 aliphatic heterocycles. The third-order valence-corrected chi connectivity index (χ3v) is 4.11. The van der Waals surface area contributed by atoms with Gasteiger partial charge in [0.1, 0.15) is 0 Å². The fourth-order valence-corrected chi connectivity index (χ4v) is 2.97. The Labute approximate surface area is 125 Å². The standard InChI is InChI=1S/C15H15N5O2/c21-14-10-6-2-3-7-11(10)20-13(16-14)12(17-18-20)15(22)19-8-4-1-5-9-19/h2-3,6-7,18H,1,4-5,8-9H2. The van der Waals surface area contributed by atoms with Gasteiger partial charge in [-0.3, -0.25) is 9.59 Å². The van der Waals surface area contributed by atoms with Crippen molar-refractivity contribution in [2.24, 2.45) is 0 Å². The zero-order chi connectivity index (χ0) is 15.1. The number of carbonyl (C=O) groups excluding carboxylic acids is 1. The zero-order valence-electron chi connectivity index (χ0n) is 12.0. The quantitative estimate of drug-likeness (QED) is 0.731. The van der Waals surface area contributed by atoms with Crippen LogP contribution in [0.3, 0.4) is 0 Å². The number of rotatable bonds is 1. The molecule has 22 heavy (non-hydrogen) atoms. The number of aromatic nitrogens is 4. The molecule has 0 spiro atoms. The lowest BCUT2D eigenvalue weighted by Crippen LogP contribution is -2.36. The summed E-state index contributed by atoms with van der Waals surface area (Å²) in [4.78, 5) is 30.6. The van der Waals surface area contributed by atoms with E-state index < -0.39 is 0 Å². The van der Waals surface area contributed by atoms with Crippen LogP contribution >= 0.6 is 0 Å². The van der Waals surface area contributed by atoms with Gasteiger partial charge < -0.3 is 4.90 Å². The number of aromatic amines is 1. The second-order valence-electron chi connectivity index (χ2n) is 5.51. The van der Waals surface area contributed by atoms with Crippen molar-refractivity contribution < 1.29 is 4.79 Å². The van der Waals surface area contributed by atoms with E-state index in [1.807, 2.05) is 6.07 Å². The van der Waals surface area contributed by atoms with E-state index in [1.165, 1.54) is 0 Å². The first-order valence-electron chi connectivity index (χ1n) is 7.41. The Balaban J connectivity index is 1.89. The van der Waals surface area contributed by atoms with Gasteiger partial charge in [-0.05, 0) is 31.4 Å². The molecule has 3 heterocycles. The summed E-state index contributed by atoms with van der Waals surface area (Å²) in [7, 11) is 0. The van der Waals surface area contributed by atoms with Crippen LogP contribution in [0.4, 0.5) is 0 Å². The summed E-state index contributed by atoms with van der Waals surface area (Å²) in [5.74, 6) is -0.166. The van der Waals surface area contributed by atoms with E-state index >= 15 is 0 Å². The van der Waals surface area contributed by atoms with Crippen molar-refractivity contribution in [1.29, 1.82) is 0 Å². The number of benzene rings is 1. The Morgan fingerprint density at radius 2 is 1.91 bits per heavy atom. The monoisotopic (exact) mass is 297 g/mol. The van der Waals surface area contributed by atoms with Crippen LogP contribution < -0.4 is 5.56 Å². The average Bonchev–Trinajstić information content (AvgIpc) is 2.99. The van der Waals surface area contributed by atoms with Crippen molar-refractivity contribution in [2.45, 2.75) is 19.3 Å². The minimum atomic E-state index is -0.343. The first kappa shape index (κ1) is 13.0. The number of carbonyl (C=O) groups is 1. The maximum atomic E-state index is 12.6. The van der Waals surface area contributed by atoms with E-state index in [1.54, 1.807) is 27.6 Å². The van der Waals surface area contributed by atoms with Crippen molar-refractivity contribution in [3.63, 3.8) is 0 Å². The molecule has 0 saturated carbocycles. The number of hydrogen-bond acceptors (Lipinski definition) is 4. The van der Waals surface area contributed by atoms with E-state index in [0.29, 0.717) is 16.6 Å². The largest absolute Gasteiger partial charge is 0.337 e. The highest BCUT2D eigenvalue weighted by Crippen LogP contribution is 2.16. The molecule has 3 aromatic rings. The average molecular weight is 297 g/mol. The van der Waals surface area contributed by atoms with E-state index in [0.717, 1.165) is 32.4 Å². The van der Waals surface area contributed by atoms with Crippen LogP contribution in [0.2, 0.25) is 0 Å². The minimum Gasteiger partial charge on any atom is -0.337 e. The molecule has 0 aliphatic carbocycles. The third-order valence-electron chi connectivity index (χ3n) is 4.11. The molecule has 112 valence electrons. The summed E-state index contributed by atoms with van der Waals surface area (Å²) in [6.45, 7) is 1.46. The molecule has 4 rings (SSSR count). The fourth-order valence-electron chi connectivity index (χ4n) is 2.97. The summed E-state index contributed by atoms with van der Waals surface area (Å²) in [6.07, 6.45) is 3.16. The van der Waals surface area contributed by atoms with Crippen LogP contribution in [-0.4, -0.2) is 43.7 Å². The van der Waals surface area contributed by atoms with Gasteiger partial charge >= 0.3 is 0 Å². The van der Waals surface area contributed by atoms with Crippen LogP contribution in [0.25, 0.3) is 16.6 Å². The number of piperidine rings is 1. The van der Waals surface area contributed by atoms with Gasteiger partial charge in [0.05, 0.1) is 10.9 Å². The molecular formula is C15H15N5O2. The smallest absolute Gasteiger partial charge is 0.281 e. The molecule has 7 nitrogen and oxygen atoms in total. The van der Waals surface area contributed by atoms with Crippen LogP contribution in [0.15, 0.2) is 29.1 Å². The Morgan fingerprint density at radius 3 is 2.73 bits per heavy atom. The number of nitrogens with one attached hydrogen (secondary N) is 1. The Hall–Kier alpha value is -2.70. The molecule has 0 atom stereocenters. The molecule has 1 aromatic carbocycles. The summed E-state index contributed by atoms with van der Waals surface area (Å²) >= 11 is 0. The van der Waals surface area contributed by atoms with Crippen molar-refractivity contribution in [1.82, 2.24) is 24.7 Å². The van der Waals surface area contributed by atoms with Gasteiger partial charge in [-0.2, -0.15) is 4.98 Å². The van der Waals surface area contributed by atoms with Gasteiger partial charge in [0, 0.05) is 13.1 Å². The first-order chi connectivity index (χ1) is 10.8. The molecule has 0 bridgehead atoms. The molecule has 1 amide bonds. The molecular weight excluding hydrogens is 282 g/mol. The highest BCUT2D eigenvalue weighted by molar-refractivity contribution is 5.98. The van der Waals surface area contributed by atoms with Gasteiger partial charge in [-0.15, -0.1) is 5.10 Å². The normalized spacial score (nSPS) is 15.5. The van der Waals surface area contributed by atoms with Crippen molar-refractivity contribution in [3.05, 3.63) is 40.3 Å². The van der Waals surface area contributed by atoms with Gasteiger partial charge in [-0.25, -0.2) is 9.73 Å². The first-order valence-corrected chi connectivity index (χ1v) is 7.41. The SMILES string of the molecule is O=C(c1n[nH]n2c1nc(=O)c1ccccc12)N1CCCCC1. The zero-order valence-corrected chi connectivity index (χ0v) is 12.0. The van der Waals surface area contributed by atoms with Crippen LogP contribution in [0, 0.1) is 0 Å². The number of amides is 1. The molecule has 0 unspecified atom stereocenters. The molecule has 1 fully saturated rings. The number of nitrogens with zero attached hydrogens (tertiary/aromatic N) is 4. The van der Waals surface area contributed by atoms with Crippen molar-refractivity contribution in [2.75, 3.05) is 13.1 Å². The third kappa shape index (κ3) is 1.89. The number of likely N-dealkylation sites (tertiary alicyclic amines) is 1. The topological polar surface area (TPSA) is 83.4 Å². The van der Waals surface area contributed by atoms with E-state index in [-0.39, 0.29) is 17.2 Å². The summed E-state index contributed by atoms with van der Waals surface area (Å²) in [6, 6.07) is 7.14. The predicted molar refractivity (Wildman–Crippen MR) is 80.9 cm³/mol. The number of hydrogen-bond donors (Lipinski definition) is 1. The molecule has 1 N–H and O–H groups in total. The van der Waals surface area contributed by atoms with Crippen molar-refractivity contribution >= 4 is 22.5 Å². The molecule has 1 aliphatic rings. The lowest BCUT2D eigenvalue weighted by atomic mass is 10.1. The van der Waals surface area contributed by atoms with E-state index in [9.17, 15) is 9.59 Å². The minimum absolute atomic E-state index is 0.166. The number of fused-ring (bicyclic) bond motifs is 3. The Morgan fingerprint density at radius 1 is 1.14 bits per heavy atom. The Bertz CT molecular complexity index is 920. The van der Waals surface area contributed by atoms with Gasteiger partial charge in [0.2, 0.25) is 0 Å². The Kier molecular flexibility index (Phi) is 2.92. The van der Waals surface area contributed by atoms with Crippen molar-refractivity contribution in [3.8, 4) is 0 Å². The summed E-state index contributed by atoms with van der Waals surface area (Å²) in [5.41, 5.74) is 0.830. The summed E-state index contributed by atoms with van der Waals surface area (Å²) in [5, 5.41) is 7.40. The van der Waals surface area contributed by atoms with Gasteiger partial charge in [-0.1, -0.05) is 12.1 Å². The second-order valence-corrected chi connectivity index (χ2v) is 5.51. The lowest BCUT2D eigenvalue weighted by Gasteiger charge is -2.25. The lowest BCUT2D eigenvalue weighted by molar-refractivity contribution is 0.0720. The van der Waals surface area contributed by atoms with Crippen LogP contribution in [-0.2, 0) is 0 Å². The highest BCUT2D eigenvalue weighted by atomic mass is 16.2. The van der Waals surface area contributed by atoms with Crippen LogP contribution in [0.1, 0.15) is 29.8 Å². The van der Waals surface area contributed by atoms with E-state index in [2.05, 4.69) is 15.3 Å². The fraction of sp³-hybridized carbons (Fsp3) is 0.333. The van der Waals surface area contributed by atoms with Gasteiger partial charge in [0.15, 0.2) is 11.3 Å². The second kappa shape index (κ2) is 4.94. The number of para-hydroxylation sites is 1. The number of H-pyrrole nitrogens is 1. The molecule has 1 saturated heterocycles. The highest BCUT2D eigenvalue weighted by Gasteiger charge is 2.24. The molecule has 7 heteroatoms. The van der Waals surface area contributed by atoms with E-state index in [4.69, 9.17) is 0 Å². The predicted octanol–water partition coefficient (Wildman–Crippen LogP) is 1.20. The maximum Gasteiger partial charge on any atom is 0.281 e. The molecule has 2 aromatic heterocycles. The maximum absolute atomic E-state index is 12.6.